The minimum absolute atomic E-state index is 0.130. The van der Waals surface area contributed by atoms with Gasteiger partial charge in [-0.3, -0.25) is 14.4 Å². The summed E-state index contributed by atoms with van der Waals surface area (Å²) in [6.45, 7) is 6.16. The molecule has 0 N–H and O–H groups in total. The lowest BCUT2D eigenvalue weighted by Crippen LogP contribution is -2.30. The summed E-state index contributed by atoms with van der Waals surface area (Å²) in [5.41, 5.74) is 0. The summed E-state index contributed by atoms with van der Waals surface area (Å²) in [5.74, 6) is -1.08. The van der Waals surface area contributed by atoms with Crippen molar-refractivity contribution in [3.8, 4) is 0 Å². The van der Waals surface area contributed by atoms with Crippen molar-refractivity contribution in [2.75, 3.05) is 13.2 Å². The van der Waals surface area contributed by atoms with Crippen LogP contribution < -0.4 is 0 Å². The number of hydrogen-bond donors (Lipinski definition) is 0. The van der Waals surface area contributed by atoms with Gasteiger partial charge in [-0.05, 0) is 135 Å². The third-order valence-corrected chi connectivity index (χ3v) is 11.2. The summed E-state index contributed by atoms with van der Waals surface area (Å²) in [7, 11) is 0. The van der Waals surface area contributed by atoms with E-state index in [1.54, 1.807) is 0 Å². The fraction of sp³-hybridized carbons (Fsp3) is 0.537. The quantitative estimate of drug-likeness (QED) is 0.0261. The Hall–Kier alpha value is -5.23. The molecule has 406 valence electrons. The molecule has 0 rings (SSSR count). The van der Waals surface area contributed by atoms with Crippen LogP contribution in [-0.4, -0.2) is 37.2 Å². The summed E-state index contributed by atoms with van der Waals surface area (Å²) in [4.78, 5) is 38.1. The third-order valence-electron chi connectivity index (χ3n) is 11.2. The van der Waals surface area contributed by atoms with E-state index in [9.17, 15) is 14.4 Å². The van der Waals surface area contributed by atoms with Crippen LogP contribution in [0.15, 0.2) is 170 Å². The van der Waals surface area contributed by atoms with Crippen molar-refractivity contribution in [3.05, 3.63) is 170 Å². The Morgan fingerprint density at radius 2 is 0.521 bits per heavy atom. The first kappa shape index (κ1) is 67.8. The van der Waals surface area contributed by atoms with Gasteiger partial charge in [-0.1, -0.05) is 229 Å². The van der Waals surface area contributed by atoms with Gasteiger partial charge in [0, 0.05) is 19.3 Å². The van der Waals surface area contributed by atoms with Gasteiger partial charge >= 0.3 is 17.9 Å². The molecule has 0 aliphatic carbocycles. The smallest absolute Gasteiger partial charge is 0.306 e. The monoisotopic (exact) mass is 1000 g/mol. The van der Waals surface area contributed by atoms with Crippen molar-refractivity contribution in [1.29, 1.82) is 0 Å². The molecular formula is C67H102O6. The molecule has 0 amide bonds. The lowest BCUT2D eigenvalue weighted by molar-refractivity contribution is -0.166. The Morgan fingerprint density at radius 3 is 0.877 bits per heavy atom. The summed E-state index contributed by atoms with van der Waals surface area (Å²) >= 11 is 0. The highest BCUT2D eigenvalue weighted by atomic mass is 16.6. The van der Waals surface area contributed by atoms with Crippen molar-refractivity contribution in [1.82, 2.24) is 0 Å². The fourth-order valence-electron chi connectivity index (χ4n) is 7.04. The summed E-state index contributed by atoms with van der Waals surface area (Å²) < 4.78 is 16.7. The van der Waals surface area contributed by atoms with Crippen molar-refractivity contribution >= 4 is 17.9 Å². The van der Waals surface area contributed by atoms with Crippen LogP contribution in [-0.2, 0) is 28.6 Å². The predicted octanol–water partition coefficient (Wildman–Crippen LogP) is 19.5. The number of carbonyl (C=O) groups is 3. The molecular weight excluding hydrogens is 901 g/mol. The van der Waals surface area contributed by atoms with Gasteiger partial charge in [-0.25, -0.2) is 0 Å². The van der Waals surface area contributed by atoms with E-state index in [4.69, 9.17) is 14.2 Å². The first-order valence-electron chi connectivity index (χ1n) is 28.6. The maximum Gasteiger partial charge on any atom is 0.306 e. The Balaban J connectivity index is 4.45. The topological polar surface area (TPSA) is 78.9 Å². The van der Waals surface area contributed by atoms with Crippen molar-refractivity contribution < 1.29 is 28.6 Å². The Morgan fingerprint density at radius 1 is 0.274 bits per heavy atom. The number of esters is 3. The van der Waals surface area contributed by atoms with Gasteiger partial charge in [0.25, 0.3) is 0 Å². The molecule has 0 bridgehead atoms. The number of unbranched alkanes of at least 4 members (excludes halogenated alkanes) is 10. The molecule has 0 aromatic heterocycles. The molecule has 0 aromatic rings. The highest BCUT2D eigenvalue weighted by molar-refractivity contribution is 5.71. The van der Waals surface area contributed by atoms with E-state index in [1.807, 2.05) is 12.2 Å². The molecule has 73 heavy (non-hydrogen) atoms. The van der Waals surface area contributed by atoms with Crippen molar-refractivity contribution in [3.63, 3.8) is 0 Å². The van der Waals surface area contributed by atoms with Crippen LogP contribution >= 0.6 is 0 Å². The van der Waals surface area contributed by atoms with Gasteiger partial charge in [0.15, 0.2) is 6.10 Å². The van der Waals surface area contributed by atoms with Crippen LogP contribution in [0.5, 0.6) is 0 Å². The van der Waals surface area contributed by atoms with E-state index in [-0.39, 0.29) is 44.0 Å². The summed E-state index contributed by atoms with van der Waals surface area (Å²) in [6, 6.07) is 0. The Kier molecular flexibility index (Phi) is 55.1. The standard InChI is InChI=1S/C67H102O6/c1-4-7-10-13-16-19-22-25-27-28-29-30-31-32-33-34-35-36-37-38-40-42-45-48-51-54-57-60-66(69)72-63-64(62-71-65(68)59-56-53-50-47-44-41-24-21-18-15-12-9-6-3)73-67(70)61-58-55-52-49-46-43-39-26-23-20-17-14-11-8-5-2/h7-12,16-21,25-27,29-30,32-33,35-36,39,41,44,46,49-50,53,64H,4-6,13-15,22-24,28,31,34,37-38,40,42-43,45,47-48,51-52,54-63H2,1-3H3/b10-7-,11-8-,12-9-,19-16-,20-17-,21-18-,27-25-,30-29-,33-32-,36-35-,39-26-,44-41-,49-46-,53-50-. The average Bonchev–Trinajstić information content (AvgIpc) is 3.39. The minimum atomic E-state index is -0.841. The van der Waals surface area contributed by atoms with E-state index in [0.29, 0.717) is 19.3 Å². The molecule has 0 aliphatic heterocycles. The van der Waals surface area contributed by atoms with Crippen LogP contribution in [0.1, 0.15) is 213 Å². The van der Waals surface area contributed by atoms with Crippen molar-refractivity contribution in [2.45, 2.75) is 219 Å². The maximum absolute atomic E-state index is 12.8. The normalized spacial score (nSPS) is 13.4. The Labute approximate surface area is 447 Å². The molecule has 1 atom stereocenters. The molecule has 0 spiro atoms. The van der Waals surface area contributed by atoms with Gasteiger partial charge in [0.1, 0.15) is 13.2 Å². The first-order chi connectivity index (χ1) is 36.0. The van der Waals surface area contributed by atoms with Gasteiger partial charge in [-0.2, -0.15) is 0 Å². The molecule has 0 saturated carbocycles. The van der Waals surface area contributed by atoms with Gasteiger partial charge < -0.3 is 14.2 Å². The second-order valence-electron chi connectivity index (χ2n) is 18.0. The van der Waals surface area contributed by atoms with Crippen LogP contribution in [0.2, 0.25) is 0 Å². The average molecular weight is 1000 g/mol. The minimum Gasteiger partial charge on any atom is -0.462 e. The molecule has 0 aromatic carbocycles. The largest absolute Gasteiger partial charge is 0.462 e. The molecule has 0 radical (unpaired) electrons. The number of ether oxygens (including phenoxy) is 3. The van der Waals surface area contributed by atoms with E-state index in [0.717, 1.165) is 128 Å². The van der Waals surface area contributed by atoms with E-state index in [1.165, 1.54) is 32.1 Å². The summed E-state index contributed by atoms with van der Waals surface area (Å²) in [5, 5.41) is 0. The number of rotatable bonds is 49. The van der Waals surface area contributed by atoms with Gasteiger partial charge in [-0.15, -0.1) is 0 Å². The third kappa shape index (κ3) is 57.5. The lowest BCUT2D eigenvalue weighted by atomic mass is 10.1. The second-order valence-corrected chi connectivity index (χ2v) is 18.0. The number of carbonyl (C=O) groups excluding carboxylic acids is 3. The maximum atomic E-state index is 12.8. The predicted molar refractivity (Wildman–Crippen MR) is 315 cm³/mol. The molecule has 6 heteroatoms. The molecule has 0 saturated heterocycles. The molecule has 0 heterocycles. The van der Waals surface area contributed by atoms with Crippen LogP contribution in [0.4, 0.5) is 0 Å². The zero-order chi connectivity index (χ0) is 52.9. The zero-order valence-corrected chi connectivity index (χ0v) is 46.3. The van der Waals surface area contributed by atoms with Crippen LogP contribution in [0.25, 0.3) is 0 Å². The second kappa shape index (κ2) is 59.3. The molecule has 0 aliphatic rings. The van der Waals surface area contributed by atoms with E-state index in [2.05, 4.69) is 179 Å². The summed E-state index contributed by atoms with van der Waals surface area (Å²) in [6.07, 6.45) is 88.0. The highest BCUT2D eigenvalue weighted by Gasteiger charge is 2.19. The molecule has 6 nitrogen and oxygen atoms in total. The van der Waals surface area contributed by atoms with E-state index >= 15 is 0 Å². The fourth-order valence-corrected chi connectivity index (χ4v) is 7.04. The number of allylic oxidation sites excluding steroid dienone is 28. The molecule has 0 fully saturated rings. The SMILES string of the molecule is CC/C=C\C/C=C\C/C=C\C/C=C\C/C=C\C/C=C\CCCCCCCCCCC(=O)OCC(COC(=O)CC/C=C\C/C=C\C/C=C\C/C=C\CC)OC(=O)CCCC/C=C\C/C=C\C/C=C\C/C=C\CC. The lowest BCUT2D eigenvalue weighted by Gasteiger charge is -2.18. The zero-order valence-electron chi connectivity index (χ0n) is 46.3. The highest BCUT2D eigenvalue weighted by Crippen LogP contribution is 2.13. The van der Waals surface area contributed by atoms with Crippen LogP contribution in [0.3, 0.4) is 0 Å². The Bertz CT molecular complexity index is 1720. The first-order valence-corrected chi connectivity index (χ1v) is 28.6. The van der Waals surface area contributed by atoms with Crippen molar-refractivity contribution in [2.24, 2.45) is 0 Å². The van der Waals surface area contributed by atoms with E-state index < -0.39 is 6.10 Å². The van der Waals surface area contributed by atoms with Crippen LogP contribution in [0, 0.1) is 0 Å². The number of hydrogen-bond acceptors (Lipinski definition) is 6. The molecule has 1 unspecified atom stereocenters. The van der Waals surface area contributed by atoms with Gasteiger partial charge in [0.05, 0.1) is 0 Å². The van der Waals surface area contributed by atoms with Gasteiger partial charge in [0.2, 0.25) is 0 Å².